The van der Waals surface area contributed by atoms with Crippen LogP contribution in [-0.2, 0) is 4.79 Å². The number of hydrogen-bond donors (Lipinski definition) is 1. The monoisotopic (exact) mass is 395 g/mol. The van der Waals surface area contributed by atoms with Gasteiger partial charge in [0, 0.05) is 32.7 Å². The molecule has 0 aromatic heterocycles. The first-order chi connectivity index (χ1) is 12.5. The Bertz CT molecular complexity index is 611. The van der Waals surface area contributed by atoms with E-state index in [2.05, 4.69) is 23.2 Å². The van der Waals surface area contributed by atoms with E-state index in [9.17, 15) is 4.79 Å². The lowest BCUT2D eigenvalue weighted by atomic mass is 9.97. The summed E-state index contributed by atoms with van der Waals surface area (Å²) in [7, 11) is 0. The van der Waals surface area contributed by atoms with E-state index in [1.807, 2.05) is 30.9 Å². The van der Waals surface area contributed by atoms with Crippen LogP contribution in [0.25, 0.3) is 0 Å². The van der Waals surface area contributed by atoms with E-state index < -0.39 is 6.10 Å². The number of piperazine rings is 1. The van der Waals surface area contributed by atoms with Crippen molar-refractivity contribution in [1.82, 2.24) is 15.1 Å². The van der Waals surface area contributed by atoms with Gasteiger partial charge in [-0.25, -0.2) is 0 Å². The molecule has 0 radical (unpaired) electrons. The molecule has 2 saturated heterocycles. The molecule has 2 fully saturated rings. The third-order valence-corrected chi connectivity index (χ3v) is 5.64. The number of nitrogens with one attached hydrogen (secondary N) is 1. The van der Waals surface area contributed by atoms with Crippen molar-refractivity contribution in [3.05, 3.63) is 29.3 Å². The van der Waals surface area contributed by atoms with Crippen LogP contribution in [0, 0.1) is 19.8 Å². The number of rotatable bonds is 5. The number of aryl methyl sites for hydroxylation is 2. The fourth-order valence-electron chi connectivity index (χ4n) is 4.01. The molecule has 1 aromatic carbocycles. The molecule has 3 rings (SSSR count). The number of nitrogens with zero attached hydrogens (tertiary/aromatic N) is 2. The summed E-state index contributed by atoms with van der Waals surface area (Å²) in [6.07, 6.45) is 2.12. The first kappa shape index (κ1) is 22.0. The minimum atomic E-state index is -0.438. The van der Waals surface area contributed by atoms with E-state index >= 15 is 0 Å². The Morgan fingerprint density at radius 3 is 2.48 bits per heavy atom. The van der Waals surface area contributed by atoms with Crippen LogP contribution in [0.2, 0.25) is 0 Å². The van der Waals surface area contributed by atoms with Crippen LogP contribution in [-0.4, -0.2) is 67.6 Å². The van der Waals surface area contributed by atoms with Gasteiger partial charge in [-0.3, -0.25) is 9.69 Å². The normalized spacial score (nSPS) is 20.0. The van der Waals surface area contributed by atoms with Gasteiger partial charge in [0.25, 0.3) is 5.91 Å². The topological polar surface area (TPSA) is 44.8 Å². The first-order valence-electron chi connectivity index (χ1n) is 9.98. The van der Waals surface area contributed by atoms with Crippen LogP contribution in [0.5, 0.6) is 5.75 Å². The van der Waals surface area contributed by atoms with Crippen molar-refractivity contribution in [3.63, 3.8) is 0 Å². The minimum Gasteiger partial charge on any atom is -0.481 e. The van der Waals surface area contributed by atoms with Crippen molar-refractivity contribution in [2.45, 2.75) is 39.7 Å². The maximum atomic E-state index is 12.8. The smallest absolute Gasteiger partial charge is 0.263 e. The standard InChI is InChI=1S/C21H33N3O2.ClH/c1-16-4-5-20(17(2)14-16)26-18(3)21(25)24-12-10-23(11-13-24)15-19-6-8-22-9-7-19;/h4-5,14,18-19,22H,6-13,15H2,1-3H3;1H. The Labute approximate surface area is 169 Å². The Hall–Kier alpha value is -1.30. The first-order valence-corrected chi connectivity index (χ1v) is 9.98. The molecule has 152 valence electrons. The zero-order valence-electron chi connectivity index (χ0n) is 16.9. The van der Waals surface area contributed by atoms with Crippen LogP contribution >= 0.6 is 12.4 Å². The molecular formula is C21H34ClN3O2. The van der Waals surface area contributed by atoms with Crippen LogP contribution < -0.4 is 10.1 Å². The molecule has 1 amide bonds. The second-order valence-electron chi connectivity index (χ2n) is 7.85. The SMILES string of the molecule is Cc1ccc(OC(C)C(=O)N2CCN(CC3CCNCC3)CC2)c(C)c1.Cl. The van der Waals surface area contributed by atoms with E-state index in [0.717, 1.165) is 56.5 Å². The van der Waals surface area contributed by atoms with Crippen molar-refractivity contribution < 1.29 is 9.53 Å². The predicted octanol–water partition coefficient (Wildman–Crippen LogP) is 2.64. The van der Waals surface area contributed by atoms with Crippen LogP contribution in [0.1, 0.15) is 30.9 Å². The van der Waals surface area contributed by atoms with Gasteiger partial charge in [-0.05, 0) is 64.3 Å². The second-order valence-corrected chi connectivity index (χ2v) is 7.85. The molecule has 2 aliphatic heterocycles. The summed E-state index contributed by atoms with van der Waals surface area (Å²) in [6, 6.07) is 6.08. The summed E-state index contributed by atoms with van der Waals surface area (Å²) in [4.78, 5) is 17.2. The van der Waals surface area contributed by atoms with E-state index in [1.165, 1.54) is 24.9 Å². The number of benzene rings is 1. The highest BCUT2D eigenvalue weighted by molar-refractivity contribution is 5.85. The molecule has 1 aromatic rings. The van der Waals surface area contributed by atoms with Crippen LogP contribution in [0.15, 0.2) is 18.2 Å². The lowest BCUT2D eigenvalue weighted by Gasteiger charge is -2.38. The van der Waals surface area contributed by atoms with E-state index in [4.69, 9.17) is 4.74 Å². The fourth-order valence-corrected chi connectivity index (χ4v) is 4.01. The Morgan fingerprint density at radius 1 is 1.19 bits per heavy atom. The predicted molar refractivity (Wildman–Crippen MR) is 112 cm³/mol. The zero-order chi connectivity index (χ0) is 18.5. The molecule has 5 nitrogen and oxygen atoms in total. The highest BCUT2D eigenvalue weighted by Crippen LogP contribution is 2.21. The average Bonchev–Trinajstić information content (AvgIpc) is 2.65. The lowest BCUT2D eigenvalue weighted by molar-refractivity contribution is -0.139. The van der Waals surface area contributed by atoms with Gasteiger partial charge in [-0.2, -0.15) is 0 Å². The fraction of sp³-hybridized carbons (Fsp3) is 0.667. The molecule has 0 aliphatic carbocycles. The summed E-state index contributed by atoms with van der Waals surface area (Å²) in [6.45, 7) is 13.0. The van der Waals surface area contributed by atoms with E-state index in [0.29, 0.717) is 0 Å². The highest BCUT2D eigenvalue weighted by atomic mass is 35.5. The minimum absolute atomic E-state index is 0. The lowest BCUT2D eigenvalue weighted by Crippen LogP contribution is -2.53. The van der Waals surface area contributed by atoms with E-state index in [-0.39, 0.29) is 18.3 Å². The van der Waals surface area contributed by atoms with Crippen molar-refractivity contribution >= 4 is 18.3 Å². The van der Waals surface area contributed by atoms with Crippen LogP contribution in [0.3, 0.4) is 0 Å². The van der Waals surface area contributed by atoms with Crippen molar-refractivity contribution in [1.29, 1.82) is 0 Å². The molecule has 0 spiro atoms. The molecular weight excluding hydrogens is 362 g/mol. The summed E-state index contributed by atoms with van der Waals surface area (Å²) < 4.78 is 5.95. The molecule has 6 heteroatoms. The number of carbonyl (C=O) groups is 1. The van der Waals surface area contributed by atoms with Gasteiger partial charge in [0.2, 0.25) is 0 Å². The second kappa shape index (κ2) is 10.3. The molecule has 1 unspecified atom stereocenters. The number of halogens is 1. The van der Waals surface area contributed by atoms with Gasteiger partial charge in [0.05, 0.1) is 0 Å². The van der Waals surface area contributed by atoms with Crippen molar-refractivity contribution in [2.24, 2.45) is 5.92 Å². The maximum absolute atomic E-state index is 12.8. The molecule has 0 bridgehead atoms. The number of hydrogen-bond acceptors (Lipinski definition) is 4. The molecule has 0 saturated carbocycles. The summed E-state index contributed by atoms with van der Waals surface area (Å²) >= 11 is 0. The van der Waals surface area contributed by atoms with Gasteiger partial charge in [-0.15, -0.1) is 12.4 Å². The van der Waals surface area contributed by atoms with Crippen molar-refractivity contribution in [3.8, 4) is 5.75 Å². The number of amides is 1. The maximum Gasteiger partial charge on any atom is 0.263 e. The van der Waals surface area contributed by atoms with Gasteiger partial charge >= 0.3 is 0 Å². The molecule has 2 heterocycles. The summed E-state index contributed by atoms with van der Waals surface area (Å²) in [5, 5.41) is 3.43. The zero-order valence-corrected chi connectivity index (χ0v) is 17.7. The molecule has 2 aliphatic rings. The summed E-state index contributed by atoms with van der Waals surface area (Å²) in [5.74, 6) is 1.72. The van der Waals surface area contributed by atoms with Crippen LogP contribution in [0.4, 0.5) is 0 Å². The molecule has 27 heavy (non-hydrogen) atoms. The quantitative estimate of drug-likeness (QED) is 0.832. The third-order valence-electron chi connectivity index (χ3n) is 5.64. The number of ether oxygens (including phenoxy) is 1. The van der Waals surface area contributed by atoms with E-state index in [1.54, 1.807) is 0 Å². The number of carbonyl (C=O) groups excluding carboxylic acids is 1. The Balaban J connectivity index is 0.00000261. The van der Waals surface area contributed by atoms with Gasteiger partial charge in [0.1, 0.15) is 5.75 Å². The average molecular weight is 396 g/mol. The summed E-state index contributed by atoms with van der Waals surface area (Å²) in [5.41, 5.74) is 2.29. The Morgan fingerprint density at radius 2 is 1.85 bits per heavy atom. The van der Waals surface area contributed by atoms with Gasteiger partial charge < -0.3 is 15.0 Å². The largest absolute Gasteiger partial charge is 0.481 e. The Kier molecular flexibility index (Phi) is 8.39. The molecule has 1 atom stereocenters. The third kappa shape index (κ3) is 6.09. The number of piperidine rings is 1. The highest BCUT2D eigenvalue weighted by Gasteiger charge is 2.27. The van der Waals surface area contributed by atoms with Crippen molar-refractivity contribution in [2.75, 3.05) is 45.8 Å². The molecule has 1 N–H and O–H groups in total. The van der Waals surface area contributed by atoms with Gasteiger partial charge in [0.15, 0.2) is 6.10 Å². The van der Waals surface area contributed by atoms with Gasteiger partial charge in [-0.1, -0.05) is 17.7 Å².